The zero-order valence-electron chi connectivity index (χ0n) is 16.4. The Morgan fingerprint density at radius 1 is 1.38 bits per heavy atom. The first-order valence-electron chi connectivity index (χ1n) is 9.50. The van der Waals surface area contributed by atoms with Gasteiger partial charge in [-0.15, -0.1) is 16.8 Å². The molecule has 2 heterocycles. The molecule has 0 saturated carbocycles. The van der Waals surface area contributed by atoms with Crippen LogP contribution in [-0.2, 0) is 16.1 Å². The van der Waals surface area contributed by atoms with Crippen molar-refractivity contribution >= 4 is 23.6 Å². The maximum absolute atomic E-state index is 12.4. The Morgan fingerprint density at radius 2 is 2.17 bits per heavy atom. The summed E-state index contributed by atoms with van der Waals surface area (Å²) < 4.78 is 7.10. The second-order valence-corrected chi connectivity index (χ2v) is 7.57. The third-order valence-electron chi connectivity index (χ3n) is 4.58. The van der Waals surface area contributed by atoms with Crippen molar-refractivity contribution in [1.82, 2.24) is 25.4 Å². The highest BCUT2D eigenvalue weighted by Crippen LogP contribution is 2.25. The Labute approximate surface area is 174 Å². The van der Waals surface area contributed by atoms with Gasteiger partial charge in [-0.05, 0) is 43.5 Å². The van der Waals surface area contributed by atoms with E-state index in [-0.39, 0.29) is 17.6 Å². The van der Waals surface area contributed by atoms with Crippen LogP contribution in [0.1, 0.15) is 19.3 Å². The number of rotatable bonds is 8. The average Bonchev–Trinajstić information content (AvgIpc) is 3.02. The molecular weight excluding hydrogens is 390 g/mol. The lowest BCUT2D eigenvalue weighted by molar-refractivity contribution is -0.127. The van der Waals surface area contributed by atoms with Crippen molar-refractivity contribution in [3.63, 3.8) is 0 Å². The van der Waals surface area contributed by atoms with Crippen molar-refractivity contribution < 1.29 is 14.3 Å². The Bertz CT molecular complexity index is 866. The molecule has 9 heteroatoms. The number of hydrogen-bond acceptors (Lipinski definition) is 6. The van der Waals surface area contributed by atoms with Crippen molar-refractivity contribution in [2.75, 3.05) is 19.4 Å². The van der Waals surface area contributed by atoms with E-state index in [1.807, 2.05) is 28.8 Å². The smallest absolute Gasteiger partial charge is 0.242 e. The lowest BCUT2D eigenvalue weighted by atomic mass is 10.1. The number of nitrogens with one attached hydrogen (secondary N) is 2. The molecule has 0 aliphatic carbocycles. The molecule has 2 N–H and O–H groups in total. The third-order valence-corrected chi connectivity index (χ3v) is 5.55. The SMILES string of the molecule is C=CCn1c(SCC(=O)N[C@@H]2CCCCNC2=O)nnc1-c1ccc(OC)cc1. The van der Waals surface area contributed by atoms with E-state index in [1.54, 1.807) is 13.2 Å². The molecule has 0 unspecified atom stereocenters. The monoisotopic (exact) mass is 415 g/mol. The minimum Gasteiger partial charge on any atom is -0.497 e. The number of thioether (sulfide) groups is 1. The van der Waals surface area contributed by atoms with Gasteiger partial charge < -0.3 is 15.4 Å². The molecule has 1 aromatic heterocycles. The van der Waals surface area contributed by atoms with Crippen LogP contribution in [0.15, 0.2) is 42.1 Å². The summed E-state index contributed by atoms with van der Waals surface area (Å²) in [5.41, 5.74) is 0.895. The normalized spacial score (nSPS) is 16.6. The standard InChI is InChI=1S/C20H25N5O3S/c1-3-12-25-18(14-7-9-15(28-2)10-8-14)23-24-20(25)29-13-17(26)22-16-6-4-5-11-21-19(16)27/h3,7-10,16H,1,4-6,11-13H2,2H3,(H,21,27)(H,22,26)/t16-/m1/s1. The molecule has 1 aliphatic heterocycles. The first-order valence-corrected chi connectivity index (χ1v) is 10.5. The van der Waals surface area contributed by atoms with Gasteiger partial charge in [0.2, 0.25) is 11.8 Å². The van der Waals surface area contributed by atoms with E-state index < -0.39 is 6.04 Å². The molecule has 2 amide bonds. The van der Waals surface area contributed by atoms with Gasteiger partial charge in [-0.3, -0.25) is 14.2 Å². The number of aromatic nitrogens is 3. The highest BCUT2D eigenvalue weighted by molar-refractivity contribution is 7.99. The Kier molecular flexibility index (Phi) is 7.29. The molecule has 3 rings (SSSR count). The number of ether oxygens (including phenoxy) is 1. The molecule has 1 atom stereocenters. The van der Waals surface area contributed by atoms with E-state index in [9.17, 15) is 9.59 Å². The molecule has 1 saturated heterocycles. The summed E-state index contributed by atoms with van der Waals surface area (Å²) in [5.74, 6) is 1.30. The molecular formula is C20H25N5O3S. The van der Waals surface area contributed by atoms with E-state index in [0.29, 0.717) is 30.5 Å². The number of allylic oxidation sites excluding steroid dienone is 1. The minimum atomic E-state index is -0.466. The minimum absolute atomic E-state index is 0.113. The van der Waals surface area contributed by atoms with Crippen LogP contribution < -0.4 is 15.4 Å². The van der Waals surface area contributed by atoms with Gasteiger partial charge in [0.05, 0.1) is 12.9 Å². The van der Waals surface area contributed by atoms with Crippen molar-refractivity contribution in [1.29, 1.82) is 0 Å². The van der Waals surface area contributed by atoms with Crippen molar-refractivity contribution in [3.8, 4) is 17.1 Å². The number of nitrogens with zero attached hydrogens (tertiary/aromatic N) is 3. The zero-order valence-corrected chi connectivity index (χ0v) is 17.2. The second-order valence-electron chi connectivity index (χ2n) is 6.63. The van der Waals surface area contributed by atoms with E-state index in [4.69, 9.17) is 4.74 Å². The van der Waals surface area contributed by atoms with Gasteiger partial charge in [-0.1, -0.05) is 17.8 Å². The predicted molar refractivity (Wildman–Crippen MR) is 112 cm³/mol. The van der Waals surface area contributed by atoms with Crippen LogP contribution in [0.5, 0.6) is 5.75 Å². The summed E-state index contributed by atoms with van der Waals surface area (Å²) in [5, 5.41) is 14.8. The first-order chi connectivity index (χ1) is 14.1. The van der Waals surface area contributed by atoms with E-state index in [0.717, 1.165) is 24.2 Å². The van der Waals surface area contributed by atoms with Crippen LogP contribution in [-0.4, -0.2) is 52.0 Å². The van der Waals surface area contributed by atoms with Crippen molar-refractivity contribution in [3.05, 3.63) is 36.9 Å². The number of methoxy groups -OCH3 is 1. The van der Waals surface area contributed by atoms with Gasteiger partial charge in [-0.25, -0.2) is 0 Å². The van der Waals surface area contributed by atoms with Crippen LogP contribution in [0.2, 0.25) is 0 Å². The quantitative estimate of drug-likeness (QED) is 0.506. The van der Waals surface area contributed by atoms with Crippen LogP contribution >= 0.6 is 11.8 Å². The molecule has 29 heavy (non-hydrogen) atoms. The number of carbonyl (C=O) groups is 2. The molecule has 154 valence electrons. The summed E-state index contributed by atoms with van der Waals surface area (Å²) in [7, 11) is 1.62. The van der Waals surface area contributed by atoms with Gasteiger partial charge >= 0.3 is 0 Å². The van der Waals surface area contributed by atoms with Gasteiger partial charge in [0.25, 0.3) is 0 Å². The zero-order chi connectivity index (χ0) is 20.6. The number of carbonyl (C=O) groups excluding carboxylic acids is 2. The van der Waals surface area contributed by atoms with Crippen LogP contribution in [0.4, 0.5) is 0 Å². The fraction of sp³-hybridized carbons (Fsp3) is 0.400. The molecule has 0 bridgehead atoms. The van der Waals surface area contributed by atoms with Crippen LogP contribution in [0.3, 0.4) is 0 Å². The molecule has 1 fully saturated rings. The average molecular weight is 416 g/mol. The highest BCUT2D eigenvalue weighted by Gasteiger charge is 2.23. The summed E-state index contributed by atoms with van der Waals surface area (Å²) in [6.45, 7) is 4.98. The molecule has 8 nitrogen and oxygen atoms in total. The summed E-state index contributed by atoms with van der Waals surface area (Å²) >= 11 is 1.29. The largest absolute Gasteiger partial charge is 0.497 e. The molecule has 1 aliphatic rings. The summed E-state index contributed by atoms with van der Waals surface area (Å²) in [6.07, 6.45) is 4.27. The fourth-order valence-electron chi connectivity index (χ4n) is 3.09. The lowest BCUT2D eigenvalue weighted by Crippen LogP contribution is -2.46. The predicted octanol–water partition coefficient (Wildman–Crippen LogP) is 2.02. The maximum atomic E-state index is 12.4. The van der Waals surface area contributed by atoms with Gasteiger partial charge in [-0.2, -0.15) is 0 Å². The molecule has 0 spiro atoms. The Morgan fingerprint density at radius 3 is 2.90 bits per heavy atom. The number of hydrogen-bond donors (Lipinski definition) is 2. The summed E-state index contributed by atoms with van der Waals surface area (Å²) in [4.78, 5) is 24.3. The topological polar surface area (TPSA) is 98.1 Å². The first kappa shape index (κ1) is 20.9. The van der Waals surface area contributed by atoms with Gasteiger partial charge in [0, 0.05) is 18.7 Å². The van der Waals surface area contributed by atoms with E-state index in [2.05, 4.69) is 27.4 Å². The van der Waals surface area contributed by atoms with Crippen LogP contribution in [0.25, 0.3) is 11.4 Å². The molecule has 2 aromatic rings. The Hall–Kier alpha value is -2.81. The third kappa shape index (κ3) is 5.38. The summed E-state index contributed by atoms with van der Waals surface area (Å²) in [6, 6.07) is 7.08. The maximum Gasteiger partial charge on any atom is 0.242 e. The lowest BCUT2D eigenvalue weighted by Gasteiger charge is -2.15. The van der Waals surface area contributed by atoms with Crippen molar-refractivity contribution in [2.24, 2.45) is 0 Å². The van der Waals surface area contributed by atoms with Gasteiger partial charge in [0.15, 0.2) is 11.0 Å². The number of amides is 2. The second kappa shape index (κ2) is 10.1. The Balaban J connectivity index is 1.67. The van der Waals surface area contributed by atoms with E-state index in [1.165, 1.54) is 11.8 Å². The molecule has 0 radical (unpaired) electrons. The fourth-order valence-corrected chi connectivity index (χ4v) is 3.84. The molecule has 1 aromatic carbocycles. The van der Waals surface area contributed by atoms with Crippen LogP contribution in [0, 0.1) is 0 Å². The number of benzene rings is 1. The van der Waals surface area contributed by atoms with Gasteiger partial charge in [0.1, 0.15) is 11.8 Å². The highest BCUT2D eigenvalue weighted by atomic mass is 32.2. The van der Waals surface area contributed by atoms with E-state index >= 15 is 0 Å². The van der Waals surface area contributed by atoms with Crippen molar-refractivity contribution in [2.45, 2.75) is 37.0 Å².